The van der Waals surface area contributed by atoms with Crippen LogP contribution in [0.2, 0.25) is 0 Å². The van der Waals surface area contributed by atoms with Crippen LogP contribution in [-0.4, -0.2) is 42.8 Å². The summed E-state index contributed by atoms with van der Waals surface area (Å²) in [5, 5.41) is 12.2. The zero-order valence-electron chi connectivity index (χ0n) is 11.3. The molecule has 1 heterocycles. The monoisotopic (exact) mass is 273 g/mol. The van der Waals surface area contributed by atoms with Crippen molar-refractivity contribution in [3.05, 3.63) is 23.9 Å². The second-order valence-electron chi connectivity index (χ2n) is 4.29. The normalized spacial score (nSPS) is 12.7. The van der Waals surface area contributed by atoms with E-state index in [9.17, 15) is 8.78 Å². The van der Waals surface area contributed by atoms with Crippen molar-refractivity contribution in [2.75, 3.05) is 31.1 Å². The molecule has 1 unspecified atom stereocenters. The molecule has 1 aromatic rings. The van der Waals surface area contributed by atoms with E-state index in [1.807, 2.05) is 19.9 Å². The van der Waals surface area contributed by atoms with Crippen LogP contribution < -0.4 is 10.2 Å². The summed E-state index contributed by atoms with van der Waals surface area (Å²) in [6.07, 6.45) is -0.850. The van der Waals surface area contributed by atoms with E-state index in [0.29, 0.717) is 5.82 Å². The SMILES string of the molecule is CCNC(C)c1ccnc(N(CCO)CC(F)F)c1. The molecule has 0 fully saturated rings. The molecule has 0 radical (unpaired) electrons. The molecular formula is C13H21F2N3O. The minimum Gasteiger partial charge on any atom is -0.395 e. The minimum atomic E-state index is -2.46. The Hall–Kier alpha value is -1.27. The molecule has 0 saturated heterocycles. The average Bonchev–Trinajstić information content (AvgIpc) is 2.38. The van der Waals surface area contributed by atoms with Gasteiger partial charge in [0, 0.05) is 18.8 Å². The Morgan fingerprint density at radius 2 is 2.21 bits per heavy atom. The van der Waals surface area contributed by atoms with Gasteiger partial charge in [-0.15, -0.1) is 0 Å². The van der Waals surface area contributed by atoms with Crippen LogP contribution in [0, 0.1) is 0 Å². The molecule has 1 aromatic heterocycles. The predicted molar refractivity (Wildman–Crippen MR) is 71.6 cm³/mol. The Balaban J connectivity index is 2.87. The lowest BCUT2D eigenvalue weighted by atomic mass is 10.1. The van der Waals surface area contributed by atoms with Crippen LogP contribution in [0.25, 0.3) is 0 Å². The second kappa shape index (κ2) is 8.01. The van der Waals surface area contributed by atoms with Gasteiger partial charge in [0.1, 0.15) is 5.82 Å². The van der Waals surface area contributed by atoms with Crippen LogP contribution in [0.15, 0.2) is 18.3 Å². The molecule has 108 valence electrons. The zero-order chi connectivity index (χ0) is 14.3. The van der Waals surface area contributed by atoms with Gasteiger partial charge in [-0.05, 0) is 31.2 Å². The number of nitrogens with one attached hydrogen (secondary N) is 1. The highest BCUT2D eigenvalue weighted by Gasteiger charge is 2.15. The molecule has 0 spiro atoms. The van der Waals surface area contributed by atoms with Gasteiger partial charge in [0.05, 0.1) is 13.2 Å². The van der Waals surface area contributed by atoms with Gasteiger partial charge in [-0.25, -0.2) is 13.8 Å². The molecule has 1 atom stereocenters. The lowest BCUT2D eigenvalue weighted by Crippen LogP contribution is -2.32. The van der Waals surface area contributed by atoms with Crippen LogP contribution in [0.4, 0.5) is 14.6 Å². The topological polar surface area (TPSA) is 48.4 Å². The molecular weight excluding hydrogens is 252 g/mol. The van der Waals surface area contributed by atoms with Gasteiger partial charge >= 0.3 is 0 Å². The Morgan fingerprint density at radius 3 is 2.79 bits per heavy atom. The summed E-state index contributed by atoms with van der Waals surface area (Å²) in [7, 11) is 0. The lowest BCUT2D eigenvalue weighted by Gasteiger charge is -2.23. The highest BCUT2D eigenvalue weighted by Crippen LogP contribution is 2.18. The summed E-state index contributed by atoms with van der Waals surface area (Å²) in [6.45, 7) is 4.39. The third kappa shape index (κ3) is 5.08. The van der Waals surface area contributed by atoms with Crippen LogP contribution in [-0.2, 0) is 0 Å². The Kier molecular flexibility index (Phi) is 6.66. The molecule has 6 heteroatoms. The molecule has 0 aromatic carbocycles. The van der Waals surface area contributed by atoms with Gasteiger partial charge in [-0.1, -0.05) is 6.92 Å². The minimum absolute atomic E-state index is 0.134. The lowest BCUT2D eigenvalue weighted by molar-refractivity contribution is 0.152. The van der Waals surface area contributed by atoms with E-state index in [4.69, 9.17) is 5.11 Å². The van der Waals surface area contributed by atoms with Crippen molar-refractivity contribution in [3.63, 3.8) is 0 Å². The van der Waals surface area contributed by atoms with E-state index in [0.717, 1.165) is 12.1 Å². The van der Waals surface area contributed by atoms with Crippen molar-refractivity contribution < 1.29 is 13.9 Å². The van der Waals surface area contributed by atoms with Crippen molar-refractivity contribution >= 4 is 5.82 Å². The first-order valence-electron chi connectivity index (χ1n) is 6.41. The molecule has 0 aliphatic rings. The smallest absolute Gasteiger partial charge is 0.255 e. The number of hydrogen-bond donors (Lipinski definition) is 2. The maximum absolute atomic E-state index is 12.5. The number of halogens is 2. The van der Waals surface area contributed by atoms with Crippen LogP contribution >= 0.6 is 0 Å². The van der Waals surface area contributed by atoms with Crippen molar-refractivity contribution in [1.82, 2.24) is 10.3 Å². The van der Waals surface area contributed by atoms with Gasteiger partial charge in [0.15, 0.2) is 0 Å². The Labute approximate surface area is 112 Å². The fourth-order valence-electron chi connectivity index (χ4n) is 1.89. The standard InChI is InChI=1S/C13H21F2N3O/c1-3-16-10(2)11-4-5-17-13(8-11)18(6-7-19)9-12(14)15/h4-5,8,10,12,16,19H,3,6-7,9H2,1-2H3. The summed E-state index contributed by atoms with van der Waals surface area (Å²) in [6, 6.07) is 3.77. The van der Waals surface area contributed by atoms with Crippen LogP contribution in [0.5, 0.6) is 0 Å². The molecule has 19 heavy (non-hydrogen) atoms. The van der Waals surface area contributed by atoms with E-state index in [1.165, 1.54) is 4.90 Å². The van der Waals surface area contributed by atoms with E-state index in [1.54, 1.807) is 12.3 Å². The van der Waals surface area contributed by atoms with Gasteiger partial charge in [-0.2, -0.15) is 0 Å². The summed E-state index contributed by atoms with van der Waals surface area (Å²) in [5.74, 6) is 0.469. The van der Waals surface area contributed by atoms with Crippen LogP contribution in [0.1, 0.15) is 25.5 Å². The number of rotatable bonds is 8. The van der Waals surface area contributed by atoms with E-state index < -0.39 is 13.0 Å². The molecule has 4 nitrogen and oxygen atoms in total. The third-order valence-electron chi connectivity index (χ3n) is 2.83. The molecule has 0 saturated carbocycles. The first kappa shape index (κ1) is 15.8. The maximum atomic E-state index is 12.5. The van der Waals surface area contributed by atoms with Crippen molar-refractivity contribution in [2.45, 2.75) is 26.3 Å². The highest BCUT2D eigenvalue weighted by atomic mass is 19.3. The van der Waals surface area contributed by atoms with Crippen molar-refractivity contribution in [1.29, 1.82) is 0 Å². The number of pyridine rings is 1. The number of nitrogens with zero attached hydrogens (tertiary/aromatic N) is 2. The van der Waals surface area contributed by atoms with E-state index >= 15 is 0 Å². The summed E-state index contributed by atoms with van der Waals surface area (Å²) in [5.41, 5.74) is 0.990. The number of anilines is 1. The second-order valence-corrected chi connectivity index (χ2v) is 4.29. The van der Waals surface area contributed by atoms with Gasteiger partial charge in [-0.3, -0.25) is 0 Å². The number of aliphatic hydroxyl groups is 1. The largest absolute Gasteiger partial charge is 0.395 e. The number of aromatic nitrogens is 1. The Bertz CT molecular complexity index is 377. The highest BCUT2D eigenvalue weighted by molar-refractivity contribution is 5.42. The van der Waals surface area contributed by atoms with Crippen LogP contribution in [0.3, 0.4) is 0 Å². The summed E-state index contributed by atoms with van der Waals surface area (Å²) in [4.78, 5) is 5.50. The first-order valence-corrected chi connectivity index (χ1v) is 6.41. The Morgan fingerprint density at radius 1 is 1.47 bits per heavy atom. The zero-order valence-corrected chi connectivity index (χ0v) is 11.3. The third-order valence-corrected chi connectivity index (χ3v) is 2.83. The van der Waals surface area contributed by atoms with E-state index in [2.05, 4.69) is 10.3 Å². The number of aliphatic hydroxyl groups excluding tert-OH is 1. The average molecular weight is 273 g/mol. The van der Waals surface area contributed by atoms with E-state index in [-0.39, 0.29) is 19.2 Å². The van der Waals surface area contributed by atoms with Gasteiger partial charge in [0.25, 0.3) is 6.43 Å². The molecule has 0 bridgehead atoms. The molecule has 2 N–H and O–H groups in total. The predicted octanol–water partition coefficient (Wildman–Crippen LogP) is 1.82. The maximum Gasteiger partial charge on any atom is 0.255 e. The van der Waals surface area contributed by atoms with Gasteiger partial charge in [0.2, 0.25) is 0 Å². The fraction of sp³-hybridized carbons (Fsp3) is 0.615. The molecule has 1 rings (SSSR count). The summed E-state index contributed by atoms with van der Waals surface area (Å²) < 4.78 is 25.0. The fourth-order valence-corrected chi connectivity index (χ4v) is 1.89. The number of alkyl halides is 2. The molecule has 0 aliphatic heterocycles. The first-order chi connectivity index (χ1) is 9.08. The molecule has 0 amide bonds. The van der Waals surface area contributed by atoms with Crippen molar-refractivity contribution in [2.24, 2.45) is 0 Å². The quantitative estimate of drug-likeness (QED) is 0.758. The van der Waals surface area contributed by atoms with Gasteiger partial charge < -0.3 is 15.3 Å². The summed E-state index contributed by atoms with van der Waals surface area (Å²) >= 11 is 0. The van der Waals surface area contributed by atoms with Crippen molar-refractivity contribution in [3.8, 4) is 0 Å². The molecule has 0 aliphatic carbocycles. The number of hydrogen-bond acceptors (Lipinski definition) is 4.